The predicted octanol–water partition coefficient (Wildman–Crippen LogP) is 5.74. The number of carbonyl (C=O) groups excluding carboxylic acids is 5. The fraction of sp³-hybridized carbons (Fsp3) is 0.375. The van der Waals surface area contributed by atoms with E-state index in [1.807, 2.05) is 97.1 Å². The van der Waals surface area contributed by atoms with Gasteiger partial charge in [0.05, 0.1) is 24.2 Å². The fourth-order valence-corrected chi connectivity index (χ4v) is 10.5. The van der Waals surface area contributed by atoms with E-state index in [4.69, 9.17) is 0 Å². The Kier molecular flexibility index (Phi) is 14.8. The molecule has 0 aromatic heterocycles. The third kappa shape index (κ3) is 11.2. The van der Waals surface area contributed by atoms with Crippen molar-refractivity contribution in [3.8, 4) is 0 Å². The number of carbonyl (C=O) groups is 5. The fourth-order valence-electron chi connectivity index (χ4n) is 10.5. The molecule has 2 aliphatic heterocycles. The van der Waals surface area contributed by atoms with Gasteiger partial charge in [0.2, 0.25) is 23.6 Å². The lowest BCUT2D eigenvalue weighted by Gasteiger charge is -2.39. The topological polar surface area (TPSA) is 173 Å². The Bertz CT molecular complexity index is 2650. The summed E-state index contributed by atoms with van der Waals surface area (Å²) in [6, 6.07) is 36.9. The van der Waals surface area contributed by atoms with Gasteiger partial charge in [-0.05, 0) is 128 Å². The van der Waals surface area contributed by atoms with Crippen LogP contribution in [0, 0.1) is 0 Å². The van der Waals surface area contributed by atoms with Crippen molar-refractivity contribution in [3.63, 3.8) is 0 Å². The molecule has 13 heteroatoms. The standard InChI is InChI=1S/C56H64N8O5/c1-35(57-2)52(65)63-50(56(69)64-34-42-14-4-3-13-41(42)30-51(64)55(68)62-48-20-10-16-39-12-6-8-18-46(39)48)29-36-23-27-43(28-24-36)58-32-37-21-25-40(26-22-37)53(66)60-44-31-49(59-33-44)54(67)61-47-19-9-15-38-11-5-7-17-45(38)47/h3-8,11-14,17-18,21-28,35,44,47-51,57-59H,9-10,15-16,19-20,29-34H2,1-2H3,(H,60,66)(H,61,67)(H,62,68)(H,63,65)/t35-,44-,47+,48+,49-,50-,51-/m0/s1. The lowest BCUT2D eigenvalue weighted by molar-refractivity contribution is -0.145. The largest absolute Gasteiger partial charge is 0.381 e. The van der Waals surface area contributed by atoms with Gasteiger partial charge in [0.1, 0.15) is 12.1 Å². The van der Waals surface area contributed by atoms with Crippen molar-refractivity contribution < 1.29 is 24.0 Å². The summed E-state index contributed by atoms with van der Waals surface area (Å²) < 4.78 is 0. The summed E-state index contributed by atoms with van der Waals surface area (Å²) >= 11 is 0. The van der Waals surface area contributed by atoms with E-state index in [0.29, 0.717) is 31.5 Å². The highest BCUT2D eigenvalue weighted by Gasteiger charge is 2.39. The molecule has 0 radical (unpaired) electrons. The quantitative estimate of drug-likeness (QED) is 0.0698. The van der Waals surface area contributed by atoms with Gasteiger partial charge in [-0.1, -0.05) is 97.1 Å². The lowest BCUT2D eigenvalue weighted by atomic mass is 9.87. The smallest absolute Gasteiger partial charge is 0.251 e. The van der Waals surface area contributed by atoms with E-state index in [1.165, 1.54) is 16.7 Å². The zero-order valence-corrected chi connectivity index (χ0v) is 39.6. The third-order valence-electron chi connectivity index (χ3n) is 14.5. The van der Waals surface area contributed by atoms with Crippen molar-refractivity contribution >= 4 is 35.2 Å². The number of amides is 5. The summed E-state index contributed by atoms with van der Waals surface area (Å²) in [4.78, 5) is 70.7. The molecule has 0 spiro atoms. The highest BCUT2D eigenvalue weighted by atomic mass is 16.2. The first-order valence-corrected chi connectivity index (χ1v) is 24.7. The van der Waals surface area contributed by atoms with Crippen molar-refractivity contribution in [2.24, 2.45) is 0 Å². The average Bonchev–Trinajstić information content (AvgIpc) is 3.86. The maximum Gasteiger partial charge on any atom is 0.251 e. The number of nitrogens with one attached hydrogen (secondary N) is 7. The molecule has 2 aliphatic carbocycles. The minimum absolute atomic E-state index is 0.0139. The number of hydrogen-bond acceptors (Lipinski definition) is 8. The Hall–Kier alpha value is -6.83. The van der Waals surface area contributed by atoms with Crippen LogP contribution in [0.2, 0.25) is 0 Å². The van der Waals surface area contributed by atoms with Crippen LogP contribution in [-0.4, -0.2) is 78.2 Å². The van der Waals surface area contributed by atoms with Crippen LogP contribution in [0.5, 0.6) is 0 Å². The van der Waals surface area contributed by atoms with Crippen molar-refractivity contribution in [1.29, 1.82) is 0 Å². The predicted molar refractivity (Wildman–Crippen MR) is 267 cm³/mol. The zero-order chi connectivity index (χ0) is 47.9. The summed E-state index contributed by atoms with van der Waals surface area (Å²) in [5, 5.41) is 22.4. The second-order valence-corrected chi connectivity index (χ2v) is 19.1. The summed E-state index contributed by atoms with van der Waals surface area (Å²) in [5.41, 5.74) is 10.1. The molecule has 5 amide bonds. The first-order chi connectivity index (χ1) is 33.6. The molecule has 0 bridgehead atoms. The zero-order valence-electron chi connectivity index (χ0n) is 39.6. The van der Waals surface area contributed by atoms with E-state index in [-0.39, 0.29) is 66.7 Å². The normalized spacial score (nSPS) is 21.3. The van der Waals surface area contributed by atoms with Crippen molar-refractivity contribution in [2.45, 2.75) is 120 Å². The second kappa shape index (κ2) is 21.6. The summed E-state index contributed by atoms with van der Waals surface area (Å²) in [7, 11) is 1.70. The Morgan fingerprint density at radius 2 is 1.28 bits per heavy atom. The molecule has 1 fully saturated rings. The molecule has 4 aliphatic rings. The van der Waals surface area contributed by atoms with E-state index in [2.05, 4.69) is 61.5 Å². The average molecular weight is 929 g/mol. The molecule has 13 nitrogen and oxygen atoms in total. The molecular formula is C56H64N8O5. The number of anilines is 1. The number of rotatable bonds is 15. The minimum Gasteiger partial charge on any atom is -0.381 e. The van der Waals surface area contributed by atoms with E-state index in [9.17, 15) is 24.0 Å². The van der Waals surface area contributed by atoms with Crippen LogP contribution in [0.15, 0.2) is 121 Å². The van der Waals surface area contributed by atoms with E-state index >= 15 is 0 Å². The van der Waals surface area contributed by atoms with Gasteiger partial charge in [-0.3, -0.25) is 24.0 Å². The number of nitrogens with zero attached hydrogens (tertiary/aromatic N) is 1. The van der Waals surface area contributed by atoms with E-state index < -0.39 is 18.1 Å². The number of hydrogen-bond donors (Lipinski definition) is 7. The molecule has 7 atom stereocenters. The Morgan fingerprint density at radius 1 is 0.681 bits per heavy atom. The van der Waals surface area contributed by atoms with Gasteiger partial charge in [0, 0.05) is 49.8 Å². The molecule has 1 saturated heterocycles. The Labute approximate surface area is 405 Å². The van der Waals surface area contributed by atoms with Crippen LogP contribution in [0.3, 0.4) is 0 Å². The van der Waals surface area contributed by atoms with Gasteiger partial charge in [0.25, 0.3) is 5.91 Å². The number of likely N-dealkylation sites (N-methyl/N-ethyl adjacent to an activating group) is 1. The molecule has 5 aromatic rings. The molecule has 5 aromatic carbocycles. The van der Waals surface area contributed by atoms with Crippen LogP contribution in [0.1, 0.15) is 106 Å². The van der Waals surface area contributed by atoms with Gasteiger partial charge >= 0.3 is 0 Å². The molecule has 0 saturated carbocycles. The lowest BCUT2D eigenvalue weighted by Crippen LogP contribution is -2.59. The van der Waals surface area contributed by atoms with Crippen LogP contribution >= 0.6 is 0 Å². The first kappa shape index (κ1) is 47.2. The highest BCUT2D eigenvalue weighted by molar-refractivity contribution is 5.95. The summed E-state index contributed by atoms with van der Waals surface area (Å²) in [6.45, 7) is 3.04. The van der Waals surface area contributed by atoms with Gasteiger partial charge in [0.15, 0.2) is 0 Å². The molecule has 7 N–H and O–H groups in total. The van der Waals surface area contributed by atoms with Crippen LogP contribution in [0.25, 0.3) is 0 Å². The van der Waals surface area contributed by atoms with Crippen molar-refractivity contribution in [1.82, 2.24) is 36.8 Å². The van der Waals surface area contributed by atoms with Crippen LogP contribution in [-0.2, 0) is 58.0 Å². The van der Waals surface area contributed by atoms with E-state index in [0.717, 1.165) is 72.0 Å². The Morgan fingerprint density at radius 3 is 1.93 bits per heavy atom. The van der Waals surface area contributed by atoms with Gasteiger partial charge < -0.3 is 42.1 Å². The summed E-state index contributed by atoms with van der Waals surface area (Å²) in [5.74, 6) is -1.01. The molecule has 0 unspecified atom stereocenters. The molecule has 2 heterocycles. The number of aryl methyl sites for hydroxylation is 2. The molecule has 9 rings (SSSR count). The number of benzene rings is 5. The highest BCUT2D eigenvalue weighted by Crippen LogP contribution is 2.32. The maximum atomic E-state index is 14.8. The minimum atomic E-state index is -0.922. The molecular weight excluding hydrogens is 865 g/mol. The van der Waals surface area contributed by atoms with Gasteiger partial charge in [-0.2, -0.15) is 0 Å². The van der Waals surface area contributed by atoms with E-state index in [1.54, 1.807) is 18.9 Å². The third-order valence-corrected chi connectivity index (χ3v) is 14.5. The SMILES string of the molecule is CN[C@@H](C)C(=O)N[C@@H](Cc1ccc(NCc2ccc(C(=O)N[C@@H]3CN[C@H](C(=O)N[C@@H]4CCCc5ccccc54)C3)cc2)cc1)C(=O)N1Cc2ccccc2C[C@H]1C(=O)N[C@@H]1CCCc2ccccc21. The first-order valence-electron chi connectivity index (χ1n) is 24.7. The molecule has 69 heavy (non-hydrogen) atoms. The maximum absolute atomic E-state index is 14.8. The van der Waals surface area contributed by atoms with Crippen LogP contribution < -0.4 is 37.2 Å². The number of fused-ring (bicyclic) bond motifs is 3. The van der Waals surface area contributed by atoms with Gasteiger partial charge in [-0.15, -0.1) is 0 Å². The monoisotopic (exact) mass is 928 g/mol. The van der Waals surface area contributed by atoms with Crippen molar-refractivity contribution in [3.05, 3.63) is 171 Å². The molecule has 358 valence electrons. The van der Waals surface area contributed by atoms with Gasteiger partial charge in [-0.25, -0.2) is 0 Å². The second-order valence-electron chi connectivity index (χ2n) is 19.1. The van der Waals surface area contributed by atoms with Crippen LogP contribution in [0.4, 0.5) is 5.69 Å². The van der Waals surface area contributed by atoms with Crippen molar-refractivity contribution in [2.75, 3.05) is 18.9 Å². The summed E-state index contributed by atoms with van der Waals surface area (Å²) in [6.07, 6.45) is 6.92. The Balaban J connectivity index is 0.801.